The first kappa shape index (κ1) is 34.0. The van der Waals surface area contributed by atoms with Gasteiger partial charge in [0.15, 0.2) is 29.8 Å². The quantitative estimate of drug-likeness (QED) is 0.0818. The third kappa shape index (κ3) is 8.39. The molecule has 1 aliphatic heterocycles. The van der Waals surface area contributed by atoms with Gasteiger partial charge < -0.3 is 65.7 Å². The van der Waals surface area contributed by atoms with Crippen LogP contribution >= 0.6 is 15.6 Å². The Bertz CT molecular complexity index is 1300. The lowest BCUT2D eigenvalue weighted by atomic mass is 10.0. The molecule has 228 valence electrons. The van der Waals surface area contributed by atoms with Gasteiger partial charge in [0.05, 0.1) is 19.5 Å². The maximum Gasteiger partial charge on any atom is 0.481 e. The first-order valence-electron chi connectivity index (χ1n) is 10.7. The number of aliphatic hydroxyl groups is 7. The molecule has 2 aromatic rings. The molecule has 0 amide bonds. The summed E-state index contributed by atoms with van der Waals surface area (Å²) in [7, 11) is -10.8. The Morgan fingerprint density at radius 2 is 1.77 bits per heavy atom. The molecule has 22 nitrogen and oxygen atoms in total. The van der Waals surface area contributed by atoms with Gasteiger partial charge in [-0.25, -0.2) is 14.1 Å². The number of imidazole rings is 1. The molecule has 13 N–H and O–H groups in total. The maximum absolute atomic E-state index is 11.7. The number of carbonyl (C=O) groups excluding carboxylic acids is 1. The highest BCUT2D eigenvalue weighted by atomic mass is 31.3. The van der Waals surface area contributed by atoms with Gasteiger partial charge in [-0.05, 0) is 0 Å². The van der Waals surface area contributed by atoms with E-state index in [1.165, 1.54) is 10.9 Å². The van der Waals surface area contributed by atoms with Crippen LogP contribution in [0, 0.1) is 0 Å². The number of phosphoric acid groups is 2. The van der Waals surface area contributed by atoms with Crippen molar-refractivity contribution < 1.29 is 77.9 Å². The number of fused-ring (bicyclic) bond motifs is 1. The molecule has 24 heteroatoms. The lowest BCUT2D eigenvalue weighted by Crippen LogP contribution is -2.47. The van der Waals surface area contributed by atoms with Crippen LogP contribution in [-0.4, -0.2) is 132 Å². The summed E-state index contributed by atoms with van der Waals surface area (Å²) in [6.07, 6.45) is -12.0. The van der Waals surface area contributed by atoms with Gasteiger partial charge in [0.25, 0.3) is 5.56 Å². The molecule has 3 rings (SSSR count). The van der Waals surface area contributed by atoms with E-state index in [-0.39, 0.29) is 23.4 Å². The van der Waals surface area contributed by atoms with Crippen LogP contribution in [0.2, 0.25) is 0 Å². The Kier molecular flexibility index (Phi) is 11.6. The summed E-state index contributed by atoms with van der Waals surface area (Å²) < 4.78 is 35.5. The van der Waals surface area contributed by atoms with E-state index in [0.29, 0.717) is 0 Å². The van der Waals surface area contributed by atoms with Crippen LogP contribution in [0.15, 0.2) is 11.1 Å². The number of phosphoric ester groups is 1. The van der Waals surface area contributed by atoms with Gasteiger partial charge in [-0.1, -0.05) is 0 Å². The Morgan fingerprint density at radius 3 is 2.27 bits per heavy atom. The predicted molar refractivity (Wildman–Crippen MR) is 125 cm³/mol. The Labute approximate surface area is 221 Å². The fraction of sp³-hybridized carbons (Fsp3) is 0.625. The summed E-state index contributed by atoms with van der Waals surface area (Å²) in [4.78, 5) is 57.9. The van der Waals surface area contributed by atoms with Crippen LogP contribution in [0.25, 0.3) is 11.2 Å². The van der Waals surface area contributed by atoms with Gasteiger partial charge in [0, 0.05) is 0 Å². The number of aliphatic hydroxyl groups excluding tert-OH is 7. The first-order chi connectivity index (χ1) is 18.5. The van der Waals surface area contributed by atoms with Crippen LogP contribution in [0.1, 0.15) is 6.23 Å². The third-order valence-electron chi connectivity index (χ3n) is 5.11. The summed E-state index contributed by atoms with van der Waals surface area (Å²) in [6.45, 7) is -1.45. The van der Waals surface area contributed by atoms with Crippen molar-refractivity contribution in [2.75, 3.05) is 18.9 Å². The summed E-state index contributed by atoms with van der Waals surface area (Å²) in [5, 5.41) is 64.9. The largest absolute Gasteiger partial charge is 0.481 e. The minimum absolute atomic E-state index is 0.0388. The van der Waals surface area contributed by atoms with Crippen molar-refractivity contribution in [1.82, 2.24) is 19.5 Å². The Hall–Kier alpha value is -2.24. The number of nitrogens with two attached hydrogens (primary N) is 1. The van der Waals surface area contributed by atoms with E-state index >= 15 is 0 Å². The van der Waals surface area contributed by atoms with E-state index < -0.39 is 83.4 Å². The molecule has 0 bridgehead atoms. The summed E-state index contributed by atoms with van der Waals surface area (Å²) >= 11 is 0. The highest BCUT2D eigenvalue weighted by Crippen LogP contribution is 2.58. The van der Waals surface area contributed by atoms with E-state index in [1.54, 1.807) is 0 Å². The van der Waals surface area contributed by atoms with Gasteiger partial charge in [0.2, 0.25) is 5.95 Å². The van der Waals surface area contributed by atoms with Gasteiger partial charge in [-0.3, -0.25) is 18.9 Å². The van der Waals surface area contributed by atoms with Crippen LogP contribution in [0.3, 0.4) is 0 Å². The molecule has 2 aromatic heterocycles. The number of anilines is 1. The van der Waals surface area contributed by atoms with E-state index in [9.17, 15) is 39.1 Å². The predicted octanol–water partition coefficient (Wildman–Crippen LogP) is -5.83. The third-order valence-corrected chi connectivity index (χ3v) is 7.29. The number of ether oxygens (including phenoxy) is 1. The minimum Gasteiger partial charge on any atom is -0.394 e. The number of aromatic amines is 1. The zero-order valence-corrected chi connectivity index (χ0v) is 21.6. The SMILES string of the molecule is Nc1nc2c(ncn2[C@@H]2O[C@H](CO)[C@@H](O)[C@H]2O)c(=O)[nH]1.O=C[C@H](OP(=O)(O)OP(=O)(O)O)[C@@H](O)[C@H](O)[C@H](O)CO. The number of aldehydes is 1. The van der Waals surface area contributed by atoms with Crippen LogP contribution in [-0.2, 0) is 27.5 Å². The average Bonchev–Trinajstić information content (AvgIpc) is 3.40. The first-order valence-corrected chi connectivity index (χ1v) is 13.7. The van der Waals surface area contributed by atoms with E-state index in [0.717, 1.165) is 0 Å². The van der Waals surface area contributed by atoms with Crippen LogP contribution in [0.4, 0.5) is 5.95 Å². The molecule has 0 radical (unpaired) electrons. The van der Waals surface area contributed by atoms with Crippen molar-refractivity contribution in [3.8, 4) is 0 Å². The minimum atomic E-state index is -5.43. The van der Waals surface area contributed by atoms with Crippen LogP contribution in [0.5, 0.6) is 0 Å². The Balaban J connectivity index is 0.000000280. The number of aromatic nitrogens is 4. The molecular weight excluding hydrogens is 596 g/mol. The van der Waals surface area contributed by atoms with E-state index in [4.69, 9.17) is 40.5 Å². The molecule has 1 fully saturated rings. The van der Waals surface area contributed by atoms with Crippen molar-refractivity contribution in [2.45, 2.75) is 49.0 Å². The number of carbonyl (C=O) groups is 1. The molecule has 40 heavy (non-hydrogen) atoms. The van der Waals surface area contributed by atoms with Crippen molar-refractivity contribution in [2.24, 2.45) is 0 Å². The molecule has 9 atom stereocenters. The second kappa shape index (κ2) is 13.6. The van der Waals surface area contributed by atoms with Crippen LogP contribution < -0.4 is 11.3 Å². The molecule has 3 heterocycles. The fourth-order valence-electron chi connectivity index (χ4n) is 3.24. The summed E-state index contributed by atoms with van der Waals surface area (Å²) in [6, 6.07) is 0. The monoisotopic (exact) mass is 623 g/mol. The number of hydrogen-bond donors (Lipinski definition) is 12. The number of nitrogens with one attached hydrogen (secondary N) is 1. The molecule has 0 spiro atoms. The smallest absolute Gasteiger partial charge is 0.394 e. The van der Waals surface area contributed by atoms with E-state index in [1.807, 2.05) is 0 Å². The Morgan fingerprint density at radius 1 is 1.15 bits per heavy atom. The lowest BCUT2D eigenvalue weighted by molar-refractivity contribution is -0.134. The molecule has 0 saturated carbocycles. The standard InChI is InChI=1S/C10H13N5O5.C6H14O12P2/c11-10-13-7-4(8(19)14-10)12-2-15(7)9-6(18)5(17)3(1-16)20-9;7-1-3(9)5(10)6(11)4(2-8)17-20(15,16)18-19(12,13)14/h2-3,5-6,9,16-18H,1H2,(H3,11,13,14,19);2-7,9-11H,1H2,(H,15,16)(H2,12,13,14)/t3-,5-,6-,9-;3-,4+,5-,6-/m11/s1. The van der Waals surface area contributed by atoms with Crippen molar-refractivity contribution >= 4 is 39.0 Å². The molecular formula is C16H27N5O17P2. The highest BCUT2D eigenvalue weighted by Gasteiger charge is 2.44. The van der Waals surface area contributed by atoms with Crippen molar-refractivity contribution in [3.05, 3.63) is 16.7 Å². The zero-order chi connectivity index (χ0) is 30.6. The van der Waals surface area contributed by atoms with Crippen molar-refractivity contribution in [3.63, 3.8) is 0 Å². The maximum atomic E-state index is 11.7. The van der Waals surface area contributed by atoms with Gasteiger partial charge in [-0.15, -0.1) is 0 Å². The van der Waals surface area contributed by atoms with Crippen molar-refractivity contribution in [1.29, 1.82) is 0 Å². The van der Waals surface area contributed by atoms with E-state index in [2.05, 4.69) is 23.8 Å². The van der Waals surface area contributed by atoms with Gasteiger partial charge >= 0.3 is 15.6 Å². The second-order valence-corrected chi connectivity index (χ2v) is 10.8. The molecule has 0 aliphatic carbocycles. The highest BCUT2D eigenvalue weighted by molar-refractivity contribution is 7.60. The summed E-state index contributed by atoms with van der Waals surface area (Å²) in [5.74, 6) is -0.101. The fourth-order valence-corrected chi connectivity index (χ4v) is 4.96. The zero-order valence-electron chi connectivity index (χ0n) is 19.8. The molecule has 1 unspecified atom stereocenters. The second-order valence-electron chi connectivity index (χ2n) is 7.98. The number of H-pyrrole nitrogens is 1. The number of hydrogen-bond acceptors (Lipinski definition) is 17. The number of nitrogens with zero attached hydrogens (tertiary/aromatic N) is 3. The number of rotatable bonds is 11. The number of nitrogen functional groups attached to an aromatic ring is 1. The molecule has 1 aliphatic rings. The van der Waals surface area contributed by atoms with Gasteiger partial charge in [0.1, 0.15) is 36.6 Å². The molecule has 0 aromatic carbocycles. The lowest BCUT2D eigenvalue weighted by Gasteiger charge is -2.26. The summed E-state index contributed by atoms with van der Waals surface area (Å²) in [5.41, 5.74) is 5.12. The molecule has 1 saturated heterocycles. The topological polar surface area (TPSA) is 371 Å². The normalized spacial score (nSPS) is 25.9. The van der Waals surface area contributed by atoms with Gasteiger partial charge in [-0.2, -0.15) is 9.29 Å². The average molecular weight is 623 g/mol.